The molecular weight excluding hydrogens is 1620 g/mol. The number of aromatic nitrogens is 12. The number of hydrogen-bond acceptors (Lipinski definition) is 17. The van der Waals surface area contributed by atoms with E-state index < -0.39 is 64.5 Å². The molecule has 0 unspecified atom stereocenters. The van der Waals surface area contributed by atoms with E-state index in [1.807, 2.05) is 26.7 Å². The SMILES string of the molecule is C.CC#CC(=O)N1CCC2(CC(n3nc(-c4cnn(Cc5cccc(C(F)(F)F)c5)c4)c(C(N)=O)c3N)C2)C1.CC#CC(=O)O.CC(C)(C)OC(=O)N1CCC2(CC(n3nc(-c4cnn(Cc5cccc(C(F)(F)F)c5)c4)c(C(N)=O)c3N)C2)C1.Cl.Cl.NC(=O)c1c(-c2cnn(Cc3cccc(C(F)(F)F)c3)c2)nn(C2CC3(CCNC3)C2)c1N. The minimum Gasteiger partial charge on any atom is -0.472 e. The highest BCUT2D eigenvalue weighted by Crippen LogP contribution is 2.57. The second-order valence-electron chi connectivity index (χ2n) is 31.4. The third kappa shape index (κ3) is 20.4. The van der Waals surface area contributed by atoms with E-state index in [0.29, 0.717) is 65.3 Å². The van der Waals surface area contributed by atoms with Gasteiger partial charge in [0, 0.05) is 73.9 Å². The molecule has 3 aromatic carbocycles. The lowest BCUT2D eigenvalue weighted by molar-refractivity contribution is -0.138. The lowest BCUT2D eigenvalue weighted by Crippen LogP contribution is -2.43. The van der Waals surface area contributed by atoms with Gasteiger partial charge in [-0.15, -0.1) is 24.8 Å². The van der Waals surface area contributed by atoms with Crippen LogP contribution < -0.4 is 39.7 Å². The van der Waals surface area contributed by atoms with Crippen molar-refractivity contribution in [2.24, 2.45) is 33.4 Å². The van der Waals surface area contributed by atoms with E-state index in [2.05, 4.69) is 53.7 Å². The van der Waals surface area contributed by atoms with Crippen molar-refractivity contribution in [3.8, 4) is 57.5 Å². The van der Waals surface area contributed by atoms with E-state index in [0.717, 1.165) is 107 Å². The van der Waals surface area contributed by atoms with Gasteiger partial charge in [0.25, 0.3) is 23.6 Å². The van der Waals surface area contributed by atoms with Crippen LogP contribution in [0.5, 0.6) is 0 Å². The van der Waals surface area contributed by atoms with E-state index in [1.54, 1.807) is 67.6 Å². The summed E-state index contributed by atoms with van der Waals surface area (Å²) < 4.78 is 132. The predicted molar refractivity (Wildman–Crippen MR) is 430 cm³/mol. The molecule has 9 aromatic rings. The maximum atomic E-state index is 13.1. The third-order valence-electron chi connectivity index (χ3n) is 21.8. The Hall–Kier alpha value is -12.0. The molecule has 642 valence electrons. The van der Waals surface area contributed by atoms with Crippen molar-refractivity contribution in [1.82, 2.24) is 73.8 Å². The molecule has 9 heterocycles. The fourth-order valence-electron chi connectivity index (χ4n) is 16.3. The largest absolute Gasteiger partial charge is 0.472 e. The van der Waals surface area contributed by atoms with Gasteiger partial charge in [0.05, 0.1) is 73.0 Å². The summed E-state index contributed by atoms with van der Waals surface area (Å²) in [6, 6.07) is 15.1. The zero-order valence-corrected chi connectivity index (χ0v) is 66.7. The highest BCUT2D eigenvalue weighted by atomic mass is 35.5. The Bertz CT molecular complexity index is 5410. The number of aliphatic carboxylic acids is 1. The summed E-state index contributed by atoms with van der Waals surface area (Å²) >= 11 is 0. The average molecular weight is 1720 g/mol. The van der Waals surface area contributed by atoms with Crippen molar-refractivity contribution in [2.75, 3.05) is 56.5 Å². The smallest absolute Gasteiger partial charge is 0.416 e. The van der Waals surface area contributed by atoms with Crippen molar-refractivity contribution < 1.29 is 78.1 Å². The van der Waals surface area contributed by atoms with Crippen molar-refractivity contribution in [3.63, 3.8) is 0 Å². The van der Waals surface area contributed by atoms with E-state index >= 15 is 0 Å². The monoisotopic (exact) mass is 1720 g/mol. The van der Waals surface area contributed by atoms with Gasteiger partial charge in [-0.3, -0.25) is 33.2 Å². The molecule has 6 aromatic heterocycles. The summed E-state index contributed by atoms with van der Waals surface area (Å²) in [5.74, 6) is 6.44. The molecule has 3 spiro atoms. The second-order valence-corrected chi connectivity index (χ2v) is 31.4. The third-order valence-corrected chi connectivity index (χ3v) is 21.8. The maximum Gasteiger partial charge on any atom is 0.416 e. The molecular formula is C80H92Cl2F9N21O8. The van der Waals surface area contributed by atoms with E-state index in [9.17, 15) is 68.3 Å². The molecule has 5 amide bonds. The van der Waals surface area contributed by atoms with Gasteiger partial charge < -0.3 is 59.4 Å². The number of halogens is 11. The molecule has 14 N–H and O–H groups in total. The number of rotatable bonds is 15. The Morgan fingerprint density at radius 2 is 0.850 bits per heavy atom. The zero-order valence-electron chi connectivity index (χ0n) is 65.1. The summed E-state index contributed by atoms with van der Waals surface area (Å²) in [6.45, 7) is 13.4. The number of primary amides is 3. The molecule has 6 fully saturated rings. The second kappa shape index (κ2) is 35.9. The Morgan fingerprint density at radius 3 is 1.14 bits per heavy atom. The molecule has 0 radical (unpaired) electrons. The van der Waals surface area contributed by atoms with Crippen molar-refractivity contribution in [3.05, 3.63) is 160 Å². The van der Waals surface area contributed by atoms with E-state index in [1.165, 1.54) is 57.8 Å². The summed E-state index contributed by atoms with van der Waals surface area (Å²) in [5.41, 5.74) is 37.2. The van der Waals surface area contributed by atoms with Gasteiger partial charge in [-0.05, 0) is 174 Å². The Kier molecular flexibility index (Phi) is 27.5. The number of nitrogens with two attached hydrogens (primary N) is 6. The number of carbonyl (C=O) groups excluding carboxylic acids is 5. The van der Waals surface area contributed by atoms with Crippen molar-refractivity contribution >= 4 is 78.0 Å². The van der Waals surface area contributed by atoms with Crippen LogP contribution in [0, 0.1) is 39.9 Å². The Labute approximate surface area is 695 Å². The normalized spacial score (nSPS) is 20.1. The van der Waals surface area contributed by atoms with Crippen LogP contribution in [0.3, 0.4) is 0 Å². The van der Waals surface area contributed by atoms with Crippen molar-refractivity contribution in [2.45, 2.75) is 162 Å². The number of alkyl halides is 9. The molecule has 3 aliphatic heterocycles. The number of carbonyl (C=O) groups is 6. The lowest BCUT2D eigenvalue weighted by Gasteiger charge is -2.45. The van der Waals surface area contributed by atoms with Crippen LogP contribution >= 0.6 is 24.8 Å². The van der Waals surface area contributed by atoms with Crippen LogP contribution in [0.4, 0.5) is 61.8 Å². The number of amides is 5. The fraction of sp³-hybridized carbons (Fsp3) is 0.425. The first-order chi connectivity index (χ1) is 55.1. The number of likely N-dealkylation sites (tertiary alicyclic amines) is 2. The van der Waals surface area contributed by atoms with Crippen LogP contribution in [0.25, 0.3) is 33.8 Å². The number of hydrogen-bond donors (Lipinski definition) is 8. The van der Waals surface area contributed by atoms with Gasteiger partial charge in [0.15, 0.2) is 0 Å². The molecule has 6 aliphatic rings. The summed E-state index contributed by atoms with van der Waals surface area (Å²) in [6.07, 6.45) is 3.26. The number of anilines is 3. The van der Waals surface area contributed by atoms with Gasteiger partial charge >= 0.3 is 30.6 Å². The van der Waals surface area contributed by atoms with Crippen LogP contribution in [0.15, 0.2) is 110 Å². The molecule has 29 nitrogen and oxygen atoms in total. The first-order valence-electron chi connectivity index (χ1n) is 37.2. The number of nitrogen functional groups attached to an aromatic ring is 3. The lowest BCUT2D eigenvalue weighted by atomic mass is 9.65. The first-order valence-corrected chi connectivity index (χ1v) is 37.2. The quantitative estimate of drug-likeness (QED) is 0.0349. The summed E-state index contributed by atoms with van der Waals surface area (Å²) in [5, 5.41) is 37.7. The average Bonchev–Trinajstić information content (AvgIpc) is 1.55. The number of ether oxygens (including phenoxy) is 1. The summed E-state index contributed by atoms with van der Waals surface area (Å²) in [7, 11) is 0. The molecule has 15 rings (SSSR count). The number of carboxylic acid groups (broad SMARTS) is 1. The van der Waals surface area contributed by atoms with Crippen LogP contribution in [-0.2, 0) is 52.5 Å². The molecule has 3 saturated carbocycles. The van der Waals surface area contributed by atoms with Crippen LogP contribution in [0.1, 0.15) is 182 Å². The van der Waals surface area contributed by atoms with Gasteiger partial charge in [-0.25, -0.2) is 23.6 Å². The molecule has 120 heavy (non-hydrogen) atoms. The number of nitrogens with zero attached hydrogens (tertiary/aromatic N) is 14. The Balaban J connectivity index is 0.000000196. The Morgan fingerprint density at radius 1 is 0.517 bits per heavy atom. The van der Waals surface area contributed by atoms with Gasteiger partial charge in [0.2, 0.25) is 0 Å². The zero-order chi connectivity index (χ0) is 84.6. The molecule has 3 saturated heterocycles. The standard InChI is InChI=1S/C27H32F3N7O3.C26H26F3N7O2.C22H24F3N7O.C4H4O2.CH4.2ClH/c1-25(2,3)40-24(39)35-8-7-26(15-35)10-19(11-26)37-22(31)20(23(32)38)21(34-37)17-12-33-36(14-17)13-16-5-4-6-18(9-16)27(28,29)30;1-2-4-20(37)34-8-7-25(15-34)10-19(11-25)36-23(30)21(24(31)38)22(33-36)17-12-32-35(14-17)13-16-5-3-6-18(9-16)26(27,28)29;23-22(24,25)15-3-1-2-13(6-15)10-31-11-14(9-29-31)18-17(20(27)33)19(26)32(30-18)16-7-21(8-16)4-5-28-12-21;1-2-3-4(5)6;;;/h4-6,9,12,14,19H,7-8,10-11,13,15,31H2,1-3H3,(H2,32,38);3,5-6,9,12,14,19H,7-8,10-11,13,15,30H2,1H3,(H2,31,38);1-3,6,9,11,16,28H,4-5,7-8,10,12,26H2,(H2,27,33);1H3,(H,5,6);1H4;2*1H. The van der Waals surface area contributed by atoms with Gasteiger partial charge in [0.1, 0.15) is 56.8 Å². The van der Waals surface area contributed by atoms with E-state index in [-0.39, 0.29) is 144 Å². The number of carboxylic acids is 1. The molecule has 40 heteroatoms. The van der Waals surface area contributed by atoms with Crippen LogP contribution in [0.2, 0.25) is 0 Å². The minimum atomic E-state index is -4.45. The molecule has 0 bridgehead atoms. The topological polar surface area (TPSA) is 413 Å². The molecule has 0 atom stereocenters. The predicted octanol–water partition coefficient (Wildman–Crippen LogP) is 11.9. The maximum absolute atomic E-state index is 13.1. The fourth-order valence-corrected chi connectivity index (χ4v) is 16.3. The van der Waals surface area contributed by atoms with Crippen molar-refractivity contribution in [1.29, 1.82) is 0 Å². The minimum absolute atomic E-state index is 0. The van der Waals surface area contributed by atoms with Crippen LogP contribution in [-0.4, -0.2) is 154 Å². The number of benzene rings is 3. The van der Waals surface area contributed by atoms with Gasteiger partial charge in [-0.2, -0.15) is 70.1 Å². The highest BCUT2D eigenvalue weighted by molar-refractivity contribution is 6.05. The first kappa shape index (κ1) is 91.9. The van der Waals surface area contributed by atoms with Gasteiger partial charge in [-0.1, -0.05) is 55.7 Å². The highest BCUT2D eigenvalue weighted by Gasteiger charge is 2.54. The van der Waals surface area contributed by atoms with E-state index in [4.69, 9.17) is 44.2 Å². The molecule has 3 aliphatic carbocycles. The summed E-state index contributed by atoms with van der Waals surface area (Å²) in [4.78, 5) is 74.4. The number of nitrogens with one attached hydrogen (secondary N) is 1.